The van der Waals surface area contributed by atoms with E-state index in [-0.39, 0.29) is 35.6 Å². The van der Waals surface area contributed by atoms with Gasteiger partial charge in [-0.05, 0) is 80.9 Å². The molecule has 7 heteroatoms. The molecule has 1 aromatic rings. The largest absolute Gasteiger partial charge is 0.451 e. The predicted molar refractivity (Wildman–Crippen MR) is 150 cm³/mol. The molecule has 2 bridgehead atoms. The first-order chi connectivity index (χ1) is 18.6. The molecular weight excluding hydrogens is 506 g/mol. The van der Waals surface area contributed by atoms with Gasteiger partial charge in [-0.3, -0.25) is 4.79 Å². The summed E-state index contributed by atoms with van der Waals surface area (Å²) in [6, 6.07) is 0. The summed E-state index contributed by atoms with van der Waals surface area (Å²) >= 11 is 0. The lowest BCUT2D eigenvalue weighted by Crippen LogP contribution is -2.68. The molecule has 216 valence electrons. The van der Waals surface area contributed by atoms with Crippen molar-refractivity contribution in [1.82, 2.24) is 4.57 Å². The minimum Gasteiger partial charge on any atom is -0.451 e. The molecule has 40 heavy (non-hydrogen) atoms. The highest BCUT2D eigenvalue weighted by molar-refractivity contribution is 5.96. The first kappa shape index (κ1) is 27.7. The van der Waals surface area contributed by atoms with Crippen molar-refractivity contribution in [2.24, 2.45) is 34.5 Å². The third-order valence-electron chi connectivity index (χ3n) is 11.0. The molecule has 4 aliphatic carbocycles. The van der Waals surface area contributed by atoms with E-state index in [1.54, 1.807) is 6.08 Å². The van der Waals surface area contributed by atoms with E-state index in [1.807, 2.05) is 57.5 Å². The number of rotatable bonds is 4. The lowest BCUT2D eigenvalue weighted by molar-refractivity contribution is -0.302. The van der Waals surface area contributed by atoms with Crippen molar-refractivity contribution in [3.63, 3.8) is 0 Å². The number of ketones is 1. The lowest BCUT2D eigenvalue weighted by atomic mass is 9.59. The van der Waals surface area contributed by atoms with Crippen molar-refractivity contribution < 1.29 is 28.9 Å². The molecular formula is C33H43NO6. The molecule has 7 nitrogen and oxygen atoms in total. The van der Waals surface area contributed by atoms with Gasteiger partial charge in [0.1, 0.15) is 6.10 Å². The highest BCUT2D eigenvalue weighted by Gasteiger charge is 2.77. The number of aromatic nitrogens is 1. The third kappa shape index (κ3) is 3.40. The van der Waals surface area contributed by atoms with Crippen LogP contribution in [0, 0.1) is 48.3 Å². The Morgan fingerprint density at radius 3 is 2.62 bits per heavy atom. The molecule has 0 unspecified atom stereocenters. The molecule has 6 rings (SSSR count). The van der Waals surface area contributed by atoms with Crippen LogP contribution in [0.5, 0.6) is 0 Å². The van der Waals surface area contributed by atoms with Crippen molar-refractivity contribution in [1.29, 1.82) is 0 Å². The summed E-state index contributed by atoms with van der Waals surface area (Å²) in [5.41, 5.74) is 0.427. The highest BCUT2D eigenvalue weighted by Crippen LogP contribution is 2.72. The van der Waals surface area contributed by atoms with Crippen LogP contribution in [0.2, 0.25) is 0 Å². The topological polar surface area (TPSA) is 87.0 Å². The summed E-state index contributed by atoms with van der Waals surface area (Å²) < 4.78 is 20.8. The summed E-state index contributed by atoms with van der Waals surface area (Å²) in [7, 11) is 0. The van der Waals surface area contributed by atoms with E-state index in [4.69, 9.17) is 14.2 Å². The molecule has 1 aromatic heterocycles. The maximum atomic E-state index is 14.8. The van der Waals surface area contributed by atoms with Crippen molar-refractivity contribution in [3.8, 4) is 0 Å². The zero-order chi connectivity index (χ0) is 29.2. The van der Waals surface area contributed by atoms with Gasteiger partial charge in [-0.25, -0.2) is 4.79 Å². The molecule has 5 aliphatic rings. The average molecular weight is 550 g/mol. The molecule has 0 radical (unpaired) electrons. The minimum absolute atomic E-state index is 0.00581. The number of Topliss-reactive ketones (excluding diaryl/α,β-unsaturated/α-hetero) is 1. The Morgan fingerprint density at radius 2 is 1.95 bits per heavy atom. The quantitative estimate of drug-likeness (QED) is 0.416. The maximum absolute atomic E-state index is 14.8. The Kier molecular flexibility index (Phi) is 5.90. The summed E-state index contributed by atoms with van der Waals surface area (Å²) in [5.74, 6) is -1.47. The zero-order valence-electron chi connectivity index (χ0n) is 25.0. The lowest BCUT2D eigenvalue weighted by Gasteiger charge is -2.52. The monoisotopic (exact) mass is 549 g/mol. The predicted octanol–water partition coefficient (Wildman–Crippen LogP) is 5.08. The van der Waals surface area contributed by atoms with Crippen molar-refractivity contribution in [2.75, 3.05) is 6.61 Å². The number of esters is 1. The van der Waals surface area contributed by atoms with Crippen LogP contribution in [0.25, 0.3) is 0 Å². The summed E-state index contributed by atoms with van der Waals surface area (Å²) in [6.07, 6.45) is 6.52. The molecule has 2 saturated carbocycles. The first-order valence-corrected chi connectivity index (χ1v) is 14.6. The molecule has 1 spiro atoms. The van der Waals surface area contributed by atoms with Crippen LogP contribution in [-0.2, 0) is 25.5 Å². The fraction of sp³-hybridized carbons (Fsp3) is 0.636. The van der Waals surface area contributed by atoms with Gasteiger partial charge in [0, 0.05) is 24.4 Å². The van der Waals surface area contributed by atoms with Crippen LogP contribution >= 0.6 is 0 Å². The van der Waals surface area contributed by atoms with Gasteiger partial charge in [0.15, 0.2) is 23.3 Å². The van der Waals surface area contributed by atoms with E-state index in [0.717, 1.165) is 23.3 Å². The first-order valence-electron chi connectivity index (χ1n) is 14.6. The number of hydrogen-bond acceptors (Lipinski definition) is 6. The Bertz CT molecular complexity index is 1380. The molecule has 1 aliphatic heterocycles. The minimum atomic E-state index is -1.82. The van der Waals surface area contributed by atoms with E-state index in [2.05, 4.69) is 27.4 Å². The van der Waals surface area contributed by atoms with Gasteiger partial charge < -0.3 is 23.9 Å². The standard InChI is InChI=1S/C33H43NO6/c1-10-11-34-15-18(3)24(20(34)5)29(36)39-27-17(2)14-32-19(4)12-23-25(30(23,6)7)22(26(32)35)13-21-16-38-31(8,9)40-28(21)33(27,32)37/h10,13-15,19,22-23,25,27-28,37H,1,11-12,16H2,2-9H3/t19-,22+,23-,25+,27+,28-,32+,33-/m1/s1. The van der Waals surface area contributed by atoms with E-state index in [9.17, 15) is 14.7 Å². The fourth-order valence-corrected chi connectivity index (χ4v) is 8.93. The Balaban J connectivity index is 1.50. The van der Waals surface area contributed by atoms with E-state index in [1.165, 1.54) is 0 Å². The number of nitrogens with zero attached hydrogens (tertiary/aromatic N) is 1. The van der Waals surface area contributed by atoms with Gasteiger partial charge in [0.2, 0.25) is 0 Å². The summed E-state index contributed by atoms with van der Waals surface area (Å²) in [5, 5.41) is 13.2. The molecule has 1 N–H and O–H groups in total. The number of carbonyl (C=O) groups is 2. The molecule has 3 fully saturated rings. The number of fused-ring (bicyclic) bond motifs is 5. The van der Waals surface area contributed by atoms with Crippen molar-refractivity contribution >= 4 is 11.8 Å². The highest BCUT2D eigenvalue weighted by atomic mass is 16.7. The van der Waals surface area contributed by atoms with Crippen LogP contribution in [0.3, 0.4) is 0 Å². The maximum Gasteiger partial charge on any atom is 0.340 e. The Morgan fingerprint density at radius 1 is 1.25 bits per heavy atom. The number of carbonyl (C=O) groups excluding carboxylic acids is 2. The fourth-order valence-electron chi connectivity index (χ4n) is 8.93. The van der Waals surface area contributed by atoms with Crippen LogP contribution in [0.15, 0.2) is 42.2 Å². The van der Waals surface area contributed by atoms with Crippen LogP contribution in [-0.4, -0.2) is 51.6 Å². The molecule has 0 amide bonds. The average Bonchev–Trinajstić information content (AvgIpc) is 3.20. The third-order valence-corrected chi connectivity index (χ3v) is 11.0. The second-order valence-corrected chi connectivity index (χ2v) is 14.0. The van der Waals surface area contributed by atoms with Gasteiger partial charge in [-0.15, -0.1) is 6.58 Å². The number of ether oxygens (including phenoxy) is 3. The SMILES string of the molecule is C=CCn1cc(C)c(C(=O)O[C@H]2C(C)=C[C@]34C(=O)[C@@H](C=C5COC(C)(C)O[C@H]5[C@]23O)[C@H]2[C@@H](C[C@H]4C)C2(C)C)c1C. The van der Waals surface area contributed by atoms with Gasteiger partial charge in [-0.2, -0.15) is 0 Å². The summed E-state index contributed by atoms with van der Waals surface area (Å²) in [6.45, 7) is 20.5. The Labute approximate surface area is 237 Å². The van der Waals surface area contributed by atoms with Crippen LogP contribution in [0.4, 0.5) is 0 Å². The number of aliphatic hydroxyl groups is 1. The number of hydrogen-bond donors (Lipinski definition) is 1. The molecule has 8 atom stereocenters. The summed E-state index contributed by atoms with van der Waals surface area (Å²) in [4.78, 5) is 28.7. The molecule has 2 heterocycles. The van der Waals surface area contributed by atoms with E-state index < -0.39 is 35.0 Å². The van der Waals surface area contributed by atoms with Crippen LogP contribution < -0.4 is 0 Å². The zero-order valence-corrected chi connectivity index (χ0v) is 25.0. The normalized spacial score (nSPS) is 40.5. The Hall–Kier alpha value is -2.48. The number of aryl methyl sites for hydroxylation is 1. The smallest absolute Gasteiger partial charge is 0.340 e. The van der Waals surface area contributed by atoms with E-state index in [0.29, 0.717) is 23.6 Å². The number of allylic oxidation sites excluding steroid dienone is 2. The molecule has 1 saturated heterocycles. The second-order valence-electron chi connectivity index (χ2n) is 14.0. The van der Waals surface area contributed by atoms with Crippen LogP contribution in [0.1, 0.15) is 69.6 Å². The van der Waals surface area contributed by atoms with Gasteiger partial charge in [-0.1, -0.05) is 39.0 Å². The van der Waals surface area contributed by atoms with Gasteiger partial charge >= 0.3 is 5.97 Å². The molecule has 0 aromatic carbocycles. The van der Waals surface area contributed by atoms with E-state index >= 15 is 0 Å². The second kappa shape index (κ2) is 8.52. The van der Waals surface area contributed by atoms with Gasteiger partial charge in [0.05, 0.1) is 17.6 Å². The van der Waals surface area contributed by atoms with Crippen molar-refractivity contribution in [3.05, 3.63) is 59.0 Å². The van der Waals surface area contributed by atoms with Crippen molar-refractivity contribution in [2.45, 2.75) is 92.0 Å². The van der Waals surface area contributed by atoms with Gasteiger partial charge in [0.25, 0.3) is 0 Å².